The maximum atomic E-state index is 12.5. The van der Waals surface area contributed by atoms with E-state index in [1.807, 2.05) is 16.7 Å². The molecular weight excluding hydrogens is 475 g/mol. The van der Waals surface area contributed by atoms with Crippen molar-refractivity contribution in [1.29, 1.82) is 0 Å². The summed E-state index contributed by atoms with van der Waals surface area (Å²) in [6.45, 7) is 5.84. The molecule has 1 heterocycles. The normalized spacial score (nSPS) is 11.5. The first-order valence-corrected chi connectivity index (χ1v) is 11.9. The molecule has 0 aliphatic carbocycles. The first kappa shape index (κ1) is 23.9. The molecule has 0 aliphatic heterocycles. The Morgan fingerprint density at radius 3 is 2.61 bits per heavy atom. The van der Waals surface area contributed by atoms with E-state index in [0.717, 1.165) is 5.75 Å². The number of hydrogen-bond donors (Lipinski definition) is 1. The summed E-state index contributed by atoms with van der Waals surface area (Å²) in [6, 6.07) is 13.6. The molecular formula is C22H23Cl3N4OS. The Morgan fingerprint density at radius 1 is 1.16 bits per heavy atom. The molecule has 0 fully saturated rings. The highest BCUT2D eigenvalue weighted by molar-refractivity contribution is 7.98. The van der Waals surface area contributed by atoms with Crippen LogP contribution in [0.15, 0.2) is 47.6 Å². The summed E-state index contributed by atoms with van der Waals surface area (Å²) in [5.74, 6) is 1.34. The molecule has 3 aromatic rings. The lowest BCUT2D eigenvalue weighted by Crippen LogP contribution is -2.38. The molecule has 0 spiro atoms. The Morgan fingerprint density at radius 2 is 1.94 bits per heavy atom. The molecule has 9 heteroatoms. The largest absolute Gasteiger partial charge is 0.348 e. The summed E-state index contributed by atoms with van der Waals surface area (Å²) in [5, 5.41) is 13.3. The molecule has 0 unspecified atom stereocenters. The molecule has 0 atom stereocenters. The van der Waals surface area contributed by atoms with Gasteiger partial charge in [0.2, 0.25) is 5.91 Å². The predicted octanol–water partition coefficient (Wildman–Crippen LogP) is 6.06. The lowest BCUT2D eigenvalue weighted by Gasteiger charge is -2.20. The topological polar surface area (TPSA) is 59.8 Å². The van der Waals surface area contributed by atoms with Gasteiger partial charge in [0, 0.05) is 16.7 Å². The molecule has 3 rings (SSSR count). The Labute approximate surface area is 201 Å². The Balaban J connectivity index is 1.91. The Kier molecular flexibility index (Phi) is 7.92. The van der Waals surface area contributed by atoms with Crippen LogP contribution < -0.4 is 5.32 Å². The highest BCUT2D eigenvalue weighted by Crippen LogP contribution is 2.31. The molecule has 1 N–H and O–H groups in total. The second-order valence-electron chi connectivity index (χ2n) is 7.81. The van der Waals surface area contributed by atoms with Gasteiger partial charge in [0.1, 0.15) is 0 Å². The lowest BCUT2D eigenvalue weighted by molar-refractivity contribution is -0.128. The second kappa shape index (κ2) is 10.3. The average molecular weight is 498 g/mol. The van der Waals surface area contributed by atoms with E-state index in [0.29, 0.717) is 26.7 Å². The molecule has 0 radical (unpaired) electrons. The van der Waals surface area contributed by atoms with E-state index in [2.05, 4.69) is 40.6 Å². The minimum atomic E-state index is -0.687. The summed E-state index contributed by atoms with van der Waals surface area (Å²) in [5.41, 5.74) is 2.39. The van der Waals surface area contributed by atoms with Crippen LogP contribution in [0.3, 0.4) is 0 Å². The highest BCUT2D eigenvalue weighted by Gasteiger charge is 2.27. The van der Waals surface area contributed by atoms with Gasteiger partial charge in [0.05, 0.1) is 22.7 Å². The minimum Gasteiger partial charge on any atom is -0.348 e. The number of thioether (sulfide) groups is 1. The van der Waals surface area contributed by atoms with Crippen molar-refractivity contribution < 1.29 is 4.79 Å². The Bertz CT molecular complexity index is 1080. The van der Waals surface area contributed by atoms with Crippen LogP contribution in [0, 0.1) is 12.3 Å². The molecule has 1 aromatic heterocycles. The molecule has 0 saturated carbocycles. The number of nitrogens with zero attached hydrogens (tertiary/aromatic N) is 3. The van der Waals surface area contributed by atoms with Crippen LogP contribution in [0.4, 0.5) is 0 Å². The molecule has 0 aliphatic rings. The molecule has 1 amide bonds. The Hall–Kier alpha value is -1.73. The fraction of sp³-hybridized carbons (Fsp3) is 0.318. The predicted molar refractivity (Wildman–Crippen MR) is 128 cm³/mol. The monoisotopic (exact) mass is 496 g/mol. The van der Waals surface area contributed by atoms with Gasteiger partial charge in [-0.25, -0.2) is 0 Å². The van der Waals surface area contributed by atoms with Crippen molar-refractivity contribution in [1.82, 2.24) is 20.1 Å². The molecule has 0 saturated heterocycles. The van der Waals surface area contributed by atoms with Crippen LogP contribution in [0.5, 0.6) is 0 Å². The van der Waals surface area contributed by atoms with E-state index in [1.54, 1.807) is 37.7 Å². The first-order chi connectivity index (χ1) is 14.7. The van der Waals surface area contributed by atoms with Gasteiger partial charge in [0.15, 0.2) is 11.0 Å². The summed E-state index contributed by atoms with van der Waals surface area (Å²) in [6.07, 6.45) is 0. The standard InChI is InChI=1S/C22H23Cl3N4OS/c1-14-5-4-6-15(9-14)12-31-21-28-27-19(11-26-20(30)22(2,3)13-23)29(21)18-8-7-16(24)10-17(18)25/h4-10H,11-13H2,1-3H3,(H,26,30). The number of alkyl halides is 1. The number of halogens is 3. The van der Waals surface area contributed by atoms with Crippen molar-refractivity contribution in [3.05, 3.63) is 69.5 Å². The van der Waals surface area contributed by atoms with Crippen LogP contribution >= 0.6 is 46.6 Å². The molecule has 31 heavy (non-hydrogen) atoms. The number of benzene rings is 2. The number of amides is 1. The third-order valence-corrected chi connectivity index (χ3v) is 6.86. The van der Waals surface area contributed by atoms with E-state index in [9.17, 15) is 4.79 Å². The van der Waals surface area contributed by atoms with Gasteiger partial charge in [-0.05, 0) is 44.5 Å². The van der Waals surface area contributed by atoms with Crippen LogP contribution in [0.2, 0.25) is 10.0 Å². The minimum absolute atomic E-state index is 0.159. The van der Waals surface area contributed by atoms with Crippen LogP contribution in [-0.2, 0) is 17.1 Å². The SMILES string of the molecule is Cc1cccc(CSc2nnc(CNC(=O)C(C)(C)CCl)n2-c2ccc(Cl)cc2Cl)c1. The van der Waals surface area contributed by atoms with Gasteiger partial charge >= 0.3 is 0 Å². The average Bonchev–Trinajstić information content (AvgIpc) is 3.13. The number of aromatic nitrogens is 3. The second-order valence-corrected chi connectivity index (χ2v) is 9.86. The third-order valence-electron chi connectivity index (χ3n) is 4.66. The van der Waals surface area contributed by atoms with Crippen LogP contribution in [0.1, 0.15) is 30.8 Å². The van der Waals surface area contributed by atoms with Gasteiger partial charge < -0.3 is 5.32 Å². The number of carbonyl (C=O) groups excluding carboxylic acids is 1. The number of rotatable bonds is 8. The number of nitrogens with one attached hydrogen (secondary N) is 1. The summed E-state index contributed by atoms with van der Waals surface area (Å²) in [4.78, 5) is 12.5. The van der Waals surface area contributed by atoms with Crippen molar-refractivity contribution in [3.63, 3.8) is 0 Å². The summed E-state index contributed by atoms with van der Waals surface area (Å²) < 4.78 is 1.85. The van der Waals surface area contributed by atoms with Gasteiger partial charge in [-0.15, -0.1) is 21.8 Å². The van der Waals surface area contributed by atoms with Gasteiger partial charge in [-0.3, -0.25) is 9.36 Å². The van der Waals surface area contributed by atoms with Crippen molar-refractivity contribution >= 4 is 52.5 Å². The van der Waals surface area contributed by atoms with Crippen molar-refractivity contribution in [2.45, 2.75) is 38.2 Å². The van der Waals surface area contributed by atoms with Crippen molar-refractivity contribution in [2.24, 2.45) is 5.41 Å². The molecule has 2 aromatic carbocycles. The zero-order chi connectivity index (χ0) is 22.6. The maximum absolute atomic E-state index is 12.5. The molecule has 5 nitrogen and oxygen atoms in total. The zero-order valence-electron chi connectivity index (χ0n) is 17.5. The zero-order valence-corrected chi connectivity index (χ0v) is 20.5. The van der Waals surface area contributed by atoms with E-state index in [-0.39, 0.29) is 18.3 Å². The molecule has 164 valence electrons. The van der Waals surface area contributed by atoms with Gasteiger partial charge in [-0.2, -0.15) is 0 Å². The fourth-order valence-electron chi connectivity index (χ4n) is 2.82. The fourth-order valence-corrected chi connectivity index (χ4v) is 4.34. The van der Waals surface area contributed by atoms with Crippen LogP contribution in [0.25, 0.3) is 5.69 Å². The highest BCUT2D eigenvalue weighted by atomic mass is 35.5. The van der Waals surface area contributed by atoms with E-state index in [4.69, 9.17) is 34.8 Å². The maximum Gasteiger partial charge on any atom is 0.227 e. The van der Waals surface area contributed by atoms with Crippen LogP contribution in [-0.4, -0.2) is 26.6 Å². The smallest absolute Gasteiger partial charge is 0.227 e. The van der Waals surface area contributed by atoms with Crippen molar-refractivity contribution in [3.8, 4) is 5.69 Å². The summed E-state index contributed by atoms with van der Waals surface area (Å²) >= 11 is 20.0. The van der Waals surface area contributed by atoms with E-state index >= 15 is 0 Å². The van der Waals surface area contributed by atoms with Gasteiger partial charge in [0.25, 0.3) is 0 Å². The van der Waals surface area contributed by atoms with Crippen molar-refractivity contribution in [2.75, 3.05) is 5.88 Å². The quantitative estimate of drug-likeness (QED) is 0.304. The number of hydrogen-bond acceptors (Lipinski definition) is 4. The third kappa shape index (κ3) is 5.95. The lowest BCUT2D eigenvalue weighted by atomic mass is 9.95. The first-order valence-electron chi connectivity index (χ1n) is 9.63. The van der Waals surface area contributed by atoms with E-state index < -0.39 is 5.41 Å². The number of carbonyl (C=O) groups is 1. The molecule has 0 bridgehead atoms. The van der Waals surface area contributed by atoms with E-state index in [1.165, 1.54) is 11.1 Å². The number of aryl methyl sites for hydroxylation is 1. The summed E-state index contributed by atoms with van der Waals surface area (Å²) in [7, 11) is 0. The van der Waals surface area contributed by atoms with Gasteiger partial charge in [-0.1, -0.05) is 64.8 Å².